The molecule has 0 amide bonds. The highest BCUT2D eigenvalue weighted by atomic mass is 16.5. The maximum Gasteiger partial charge on any atom is 0.123 e. The van der Waals surface area contributed by atoms with E-state index in [2.05, 4.69) is 26.1 Å². The molecular weight excluding hydrogens is 240 g/mol. The molecule has 0 atom stereocenters. The minimum atomic E-state index is 0.0454. The third kappa shape index (κ3) is 5.83. The SMILES string of the molecule is CCCOc1cc(N)cc(NCC(C)(C)CCO)c1. The molecule has 1 aromatic carbocycles. The summed E-state index contributed by atoms with van der Waals surface area (Å²) in [7, 11) is 0. The third-order valence-electron chi connectivity index (χ3n) is 2.96. The lowest BCUT2D eigenvalue weighted by atomic mass is 9.89. The Kier molecular flexibility index (Phi) is 5.96. The molecule has 1 rings (SSSR count). The lowest BCUT2D eigenvalue weighted by Gasteiger charge is -2.24. The minimum absolute atomic E-state index is 0.0454. The second-order valence-corrected chi connectivity index (χ2v) is 5.63. The molecule has 0 aliphatic heterocycles. The van der Waals surface area contributed by atoms with Crippen molar-refractivity contribution in [3.63, 3.8) is 0 Å². The molecule has 0 aromatic heterocycles. The molecule has 4 nitrogen and oxygen atoms in total. The summed E-state index contributed by atoms with van der Waals surface area (Å²) in [6.45, 7) is 8.00. The second kappa shape index (κ2) is 7.24. The lowest BCUT2D eigenvalue weighted by Crippen LogP contribution is -2.24. The summed E-state index contributed by atoms with van der Waals surface area (Å²) in [5.41, 5.74) is 7.56. The zero-order valence-electron chi connectivity index (χ0n) is 12.2. The number of ether oxygens (including phenoxy) is 1. The smallest absolute Gasteiger partial charge is 0.123 e. The van der Waals surface area contributed by atoms with Gasteiger partial charge in [0.15, 0.2) is 0 Å². The van der Waals surface area contributed by atoms with Gasteiger partial charge in [-0.3, -0.25) is 0 Å². The van der Waals surface area contributed by atoms with Crippen molar-refractivity contribution < 1.29 is 9.84 Å². The number of nitrogens with two attached hydrogens (primary N) is 1. The Labute approximate surface area is 116 Å². The van der Waals surface area contributed by atoms with E-state index in [1.807, 2.05) is 18.2 Å². The molecule has 0 aliphatic rings. The van der Waals surface area contributed by atoms with Crippen molar-refractivity contribution in [2.75, 3.05) is 30.8 Å². The molecule has 0 unspecified atom stereocenters. The maximum atomic E-state index is 9.02. The van der Waals surface area contributed by atoms with E-state index in [-0.39, 0.29) is 12.0 Å². The van der Waals surface area contributed by atoms with Gasteiger partial charge < -0.3 is 20.9 Å². The molecule has 19 heavy (non-hydrogen) atoms. The van der Waals surface area contributed by atoms with Crippen LogP contribution in [0.25, 0.3) is 0 Å². The number of aliphatic hydroxyl groups excluding tert-OH is 1. The predicted molar refractivity (Wildman–Crippen MR) is 80.6 cm³/mol. The Morgan fingerprint density at radius 3 is 2.68 bits per heavy atom. The van der Waals surface area contributed by atoms with Gasteiger partial charge in [-0.05, 0) is 24.3 Å². The van der Waals surface area contributed by atoms with E-state index in [4.69, 9.17) is 15.6 Å². The number of nitrogens with one attached hydrogen (secondary N) is 1. The first-order valence-electron chi connectivity index (χ1n) is 6.85. The van der Waals surface area contributed by atoms with Gasteiger partial charge in [-0.25, -0.2) is 0 Å². The van der Waals surface area contributed by atoms with Crippen molar-refractivity contribution in [1.29, 1.82) is 0 Å². The molecular formula is C15H26N2O2. The molecule has 0 radical (unpaired) electrons. The highest BCUT2D eigenvalue weighted by Crippen LogP contribution is 2.25. The number of anilines is 2. The average molecular weight is 266 g/mol. The van der Waals surface area contributed by atoms with E-state index in [1.165, 1.54) is 0 Å². The fourth-order valence-electron chi connectivity index (χ4n) is 1.76. The van der Waals surface area contributed by atoms with Crippen LogP contribution in [0.2, 0.25) is 0 Å². The van der Waals surface area contributed by atoms with Crippen LogP contribution in [0.1, 0.15) is 33.6 Å². The maximum absolute atomic E-state index is 9.02. The van der Waals surface area contributed by atoms with Crippen LogP contribution in [-0.4, -0.2) is 24.9 Å². The molecule has 0 saturated heterocycles. The molecule has 0 spiro atoms. The number of nitrogen functional groups attached to an aromatic ring is 1. The topological polar surface area (TPSA) is 67.5 Å². The van der Waals surface area contributed by atoms with Gasteiger partial charge in [0.1, 0.15) is 5.75 Å². The summed E-state index contributed by atoms with van der Waals surface area (Å²) in [5, 5.41) is 12.4. The molecule has 0 saturated carbocycles. The van der Waals surface area contributed by atoms with Gasteiger partial charge >= 0.3 is 0 Å². The van der Waals surface area contributed by atoms with Gasteiger partial charge in [0, 0.05) is 36.7 Å². The summed E-state index contributed by atoms with van der Waals surface area (Å²) in [4.78, 5) is 0. The Hall–Kier alpha value is -1.42. The molecule has 0 aliphatic carbocycles. The largest absolute Gasteiger partial charge is 0.493 e. The van der Waals surface area contributed by atoms with E-state index < -0.39 is 0 Å². The molecule has 0 fully saturated rings. The van der Waals surface area contributed by atoms with Crippen LogP contribution in [0.4, 0.5) is 11.4 Å². The van der Waals surface area contributed by atoms with Gasteiger partial charge in [-0.2, -0.15) is 0 Å². The monoisotopic (exact) mass is 266 g/mol. The van der Waals surface area contributed by atoms with Crippen LogP contribution in [-0.2, 0) is 0 Å². The molecule has 4 N–H and O–H groups in total. The summed E-state index contributed by atoms with van der Waals surface area (Å²) in [5.74, 6) is 0.796. The van der Waals surface area contributed by atoms with Crippen LogP contribution in [0, 0.1) is 5.41 Å². The number of benzene rings is 1. The van der Waals surface area contributed by atoms with Crippen LogP contribution in [0.5, 0.6) is 5.75 Å². The van der Waals surface area contributed by atoms with Crippen molar-refractivity contribution in [2.24, 2.45) is 5.41 Å². The summed E-state index contributed by atoms with van der Waals surface area (Å²) < 4.78 is 5.60. The minimum Gasteiger partial charge on any atom is -0.493 e. The Balaban J connectivity index is 2.65. The molecule has 0 heterocycles. The Morgan fingerprint density at radius 2 is 2.05 bits per heavy atom. The van der Waals surface area contributed by atoms with Crippen molar-refractivity contribution in [2.45, 2.75) is 33.6 Å². The van der Waals surface area contributed by atoms with Gasteiger partial charge in [0.2, 0.25) is 0 Å². The summed E-state index contributed by atoms with van der Waals surface area (Å²) in [6.07, 6.45) is 1.74. The number of aliphatic hydroxyl groups is 1. The fraction of sp³-hybridized carbons (Fsp3) is 0.600. The van der Waals surface area contributed by atoms with Gasteiger partial charge in [-0.1, -0.05) is 20.8 Å². The van der Waals surface area contributed by atoms with E-state index in [9.17, 15) is 0 Å². The van der Waals surface area contributed by atoms with Crippen molar-refractivity contribution in [3.05, 3.63) is 18.2 Å². The van der Waals surface area contributed by atoms with E-state index >= 15 is 0 Å². The molecule has 108 valence electrons. The van der Waals surface area contributed by atoms with Crippen molar-refractivity contribution in [3.8, 4) is 5.75 Å². The van der Waals surface area contributed by atoms with E-state index in [1.54, 1.807) is 0 Å². The van der Waals surface area contributed by atoms with Gasteiger partial charge in [0.25, 0.3) is 0 Å². The lowest BCUT2D eigenvalue weighted by molar-refractivity contribution is 0.220. The van der Waals surface area contributed by atoms with Crippen LogP contribution < -0.4 is 15.8 Å². The van der Waals surface area contributed by atoms with Crippen molar-refractivity contribution in [1.82, 2.24) is 0 Å². The number of rotatable bonds is 8. The normalized spacial score (nSPS) is 11.4. The van der Waals surface area contributed by atoms with Gasteiger partial charge in [0.05, 0.1) is 6.61 Å². The summed E-state index contributed by atoms with van der Waals surface area (Å²) >= 11 is 0. The fourth-order valence-corrected chi connectivity index (χ4v) is 1.76. The number of hydrogen-bond acceptors (Lipinski definition) is 4. The van der Waals surface area contributed by atoms with Crippen LogP contribution in [0.15, 0.2) is 18.2 Å². The Bertz CT molecular complexity index is 392. The highest BCUT2D eigenvalue weighted by molar-refractivity contribution is 5.59. The zero-order valence-corrected chi connectivity index (χ0v) is 12.2. The number of hydrogen-bond donors (Lipinski definition) is 3. The Morgan fingerprint density at radius 1 is 1.32 bits per heavy atom. The van der Waals surface area contributed by atoms with Crippen LogP contribution in [0.3, 0.4) is 0 Å². The molecule has 4 heteroatoms. The first-order chi connectivity index (χ1) is 8.96. The molecule has 1 aromatic rings. The second-order valence-electron chi connectivity index (χ2n) is 5.63. The quantitative estimate of drug-likeness (QED) is 0.633. The highest BCUT2D eigenvalue weighted by Gasteiger charge is 2.16. The first-order valence-corrected chi connectivity index (χ1v) is 6.85. The molecule has 0 bridgehead atoms. The van der Waals surface area contributed by atoms with Crippen molar-refractivity contribution >= 4 is 11.4 Å². The standard InChI is InChI=1S/C15H26N2O2/c1-4-7-19-14-9-12(16)8-13(10-14)17-11-15(2,3)5-6-18/h8-10,17-18H,4-7,11,16H2,1-3H3. The van der Waals surface area contributed by atoms with E-state index in [0.717, 1.165) is 30.8 Å². The van der Waals surface area contributed by atoms with Gasteiger partial charge in [-0.15, -0.1) is 0 Å². The first kappa shape index (κ1) is 15.6. The van der Waals surface area contributed by atoms with Crippen LogP contribution >= 0.6 is 0 Å². The van der Waals surface area contributed by atoms with E-state index in [0.29, 0.717) is 12.3 Å². The average Bonchev–Trinajstić information content (AvgIpc) is 2.33. The third-order valence-corrected chi connectivity index (χ3v) is 2.96. The zero-order chi connectivity index (χ0) is 14.3. The predicted octanol–water partition coefficient (Wildman–Crippen LogP) is 2.88. The summed E-state index contributed by atoms with van der Waals surface area (Å²) in [6, 6.07) is 5.69.